The zero-order valence-corrected chi connectivity index (χ0v) is 13.4. The first-order valence-electron chi connectivity index (χ1n) is 6.66. The quantitative estimate of drug-likeness (QED) is 0.870. The lowest BCUT2D eigenvalue weighted by Crippen LogP contribution is -2.33. The van der Waals surface area contributed by atoms with Gasteiger partial charge in [-0.1, -0.05) is 13.8 Å². The maximum Gasteiger partial charge on any atom is 0.251 e. The van der Waals surface area contributed by atoms with E-state index in [0.717, 1.165) is 12.5 Å². The van der Waals surface area contributed by atoms with Crippen molar-refractivity contribution in [2.75, 3.05) is 0 Å². The zero-order valence-electron chi connectivity index (χ0n) is 12.6. The molecule has 0 saturated carbocycles. The second-order valence-corrected chi connectivity index (χ2v) is 7.18. The van der Waals surface area contributed by atoms with Crippen LogP contribution in [0.4, 0.5) is 4.39 Å². The van der Waals surface area contributed by atoms with Gasteiger partial charge in [0.15, 0.2) is 0 Å². The fourth-order valence-corrected chi connectivity index (χ4v) is 2.85. The molecule has 0 spiro atoms. The van der Waals surface area contributed by atoms with E-state index in [-0.39, 0.29) is 17.2 Å². The first kappa shape index (κ1) is 17.6. The fraction of sp³-hybridized carbons (Fsp3) is 0.500. The van der Waals surface area contributed by atoms with Gasteiger partial charge in [0.25, 0.3) is 5.91 Å². The molecule has 0 radical (unpaired) electrons. The van der Waals surface area contributed by atoms with Crippen molar-refractivity contribution in [2.24, 2.45) is 11.1 Å². The maximum absolute atomic E-state index is 13.8. The molecule has 1 aromatic carbocycles. The molecule has 0 heterocycles. The van der Waals surface area contributed by atoms with Gasteiger partial charge in [0, 0.05) is 11.6 Å². The molecule has 21 heavy (non-hydrogen) atoms. The molecule has 1 unspecified atom stereocenters. The predicted octanol–water partition coefficient (Wildman–Crippen LogP) is 1.95. The van der Waals surface area contributed by atoms with Crippen molar-refractivity contribution < 1.29 is 17.6 Å². The highest BCUT2D eigenvalue weighted by Crippen LogP contribution is 2.19. The van der Waals surface area contributed by atoms with Gasteiger partial charge in [-0.05, 0) is 43.9 Å². The number of carbonyl (C=O) groups excluding carboxylic acids is 1. The van der Waals surface area contributed by atoms with Gasteiger partial charge < -0.3 is 5.32 Å². The van der Waals surface area contributed by atoms with Crippen LogP contribution in [-0.2, 0) is 10.0 Å². The normalized spacial score (nSPS) is 13.3. The molecule has 1 atom stereocenters. The van der Waals surface area contributed by atoms with Crippen molar-refractivity contribution in [2.45, 2.75) is 45.1 Å². The Morgan fingerprint density at radius 1 is 1.33 bits per heavy atom. The summed E-state index contributed by atoms with van der Waals surface area (Å²) in [5.41, 5.74) is 0.136. The number of rotatable bonds is 5. The highest BCUT2D eigenvalue weighted by molar-refractivity contribution is 7.89. The summed E-state index contributed by atoms with van der Waals surface area (Å²) in [7, 11) is -4.21. The number of primary sulfonamides is 1. The standard InChI is InChI=1S/C14H21FN2O3S/c1-8(2)5-10(4)17-14(18)11-6-9(3)13(15)12(7-11)21(16,19)20/h6-8,10H,5H2,1-4H3,(H,17,18)(H2,16,19,20). The summed E-state index contributed by atoms with van der Waals surface area (Å²) >= 11 is 0. The third kappa shape index (κ3) is 4.78. The number of benzene rings is 1. The lowest BCUT2D eigenvalue weighted by atomic mass is 10.0. The number of nitrogens with two attached hydrogens (primary N) is 1. The highest BCUT2D eigenvalue weighted by atomic mass is 32.2. The molecule has 0 aliphatic rings. The molecule has 1 rings (SSSR count). The van der Waals surface area contributed by atoms with Crippen LogP contribution in [0, 0.1) is 18.7 Å². The van der Waals surface area contributed by atoms with E-state index < -0.39 is 26.6 Å². The van der Waals surface area contributed by atoms with Gasteiger partial charge in [0.1, 0.15) is 10.7 Å². The summed E-state index contributed by atoms with van der Waals surface area (Å²) in [5.74, 6) is -0.962. The molecule has 0 aliphatic carbocycles. The lowest BCUT2D eigenvalue weighted by Gasteiger charge is -2.16. The Hall–Kier alpha value is -1.47. The van der Waals surface area contributed by atoms with E-state index in [4.69, 9.17) is 5.14 Å². The molecular formula is C14H21FN2O3S. The summed E-state index contributed by atoms with van der Waals surface area (Å²) in [6, 6.07) is 2.21. The van der Waals surface area contributed by atoms with E-state index in [1.165, 1.54) is 13.0 Å². The number of nitrogens with one attached hydrogen (secondary N) is 1. The Kier molecular flexibility index (Phi) is 5.47. The van der Waals surface area contributed by atoms with E-state index in [1.807, 2.05) is 20.8 Å². The van der Waals surface area contributed by atoms with Crippen molar-refractivity contribution >= 4 is 15.9 Å². The van der Waals surface area contributed by atoms with Crippen molar-refractivity contribution in [3.05, 3.63) is 29.1 Å². The molecule has 0 bridgehead atoms. The molecule has 0 aliphatic heterocycles. The first-order chi connectivity index (χ1) is 9.52. The molecule has 1 amide bonds. The first-order valence-corrected chi connectivity index (χ1v) is 8.20. The largest absolute Gasteiger partial charge is 0.350 e. The molecule has 7 heteroatoms. The van der Waals surface area contributed by atoms with Gasteiger partial charge in [0.05, 0.1) is 0 Å². The van der Waals surface area contributed by atoms with E-state index in [1.54, 1.807) is 0 Å². The second kappa shape index (κ2) is 6.53. The fourth-order valence-electron chi connectivity index (χ4n) is 2.15. The molecule has 1 aromatic rings. The number of amides is 1. The minimum absolute atomic E-state index is 0.0585. The van der Waals surface area contributed by atoms with E-state index in [9.17, 15) is 17.6 Å². The summed E-state index contributed by atoms with van der Waals surface area (Å²) in [4.78, 5) is 11.4. The van der Waals surface area contributed by atoms with Crippen LogP contribution >= 0.6 is 0 Å². The third-order valence-electron chi connectivity index (χ3n) is 2.99. The van der Waals surface area contributed by atoms with E-state index >= 15 is 0 Å². The van der Waals surface area contributed by atoms with Crippen molar-refractivity contribution in [1.29, 1.82) is 0 Å². The minimum Gasteiger partial charge on any atom is -0.350 e. The topological polar surface area (TPSA) is 89.3 Å². The second-order valence-electron chi connectivity index (χ2n) is 5.65. The smallest absolute Gasteiger partial charge is 0.251 e. The van der Waals surface area contributed by atoms with Crippen LogP contribution in [0.3, 0.4) is 0 Å². The minimum atomic E-state index is -4.21. The average molecular weight is 316 g/mol. The Morgan fingerprint density at radius 3 is 2.38 bits per heavy atom. The summed E-state index contributed by atoms with van der Waals surface area (Å²) in [6.45, 7) is 7.31. The summed E-state index contributed by atoms with van der Waals surface area (Å²) < 4.78 is 36.5. The Labute approximate surface area is 124 Å². The van der Waals surface area contributed by atoms with Gasteiger partial charge in [-0.15, -0.1) is 0 Å². The number of sulfonamides is 1. The van der Waals surface area contributed by atoms with Crippen LogP contribution in [0.15, 0.2) is 17.0 Å². The number of hydrogen-bond donors (Lipinski definition) is 2. The van der Waals surface area contributed by atoms with Gasteiger partial charge >= 0.3 is 0 Å². The molecule has 118 valence electrons. The van der Waals surface area contributed by atoms with Gasteiger partial charge in [-0.3, -0.25) is 4.79 Å². The molecular weight excluding hydrogens is 295 g/mol. The van der Waals surface area contributed by atoms with Gasteiger partial charge in [0.2, 0.25) is 10.0 Å². The van der Waals surface area contributed by atoms with Crippen LogP contribution in [0.1, 0.15) is 43.1 Å². The Bertz CT molecular complexity index is 642. The lowest BCUT2D eigenvalue weighted by molar-refractivity contribution is 0.0935. The van der Waals surface area contributed by atoms with Gasteiger partial charge in [-0.2, -0.15) is 0 Å². The van der Waals surface area contributed by atoms with Gasteiger partial charge in [-0.25, -0.2) is 17.9 Å². The Morgan fingerprint density at radius 2 is 1.90 bits per heavy atom. The highest BCUT2D eigenvalue weighted by Gasteiger charge is 2.20. The van der Waals surface area contributed by atoms with Crippen LogP contribution in [0.5, 0.6) is 0 Å². The predicted molar refractivity (Wildman–Crippen MR) is 78.9 cm³/mol. The van der Waals surface area contributed by atoms with Crippen LogP contribution < -0.4 is 10.5 Å². The van der Waals surface area contributed by atoms with E-state index in [0.29, 0.717) is 5.92 Å². The summed E-state index contributed by atoms with van der Waals surface area (Å²) in [6.07, 6.45) is 0.786. The molecule has 0 fully saturated rings. The van der Waals surface area contributed by atoms with E-state index in [2.05, 4.69) is 5.32 Å². The number of aryl methyl sites for hydroxylation is 1. The molecule has 0 aromatic heterocycles. The number of hydrogen-bond acceptors (Lipinski definition) is 3. The Balaban J connectivity index is 3.09. The summed E-state index contributed by atoms with van der Waals surface area (Å²) in [5, 5.41) is 7.72. The third-order valence-corrected chi connectivity index (χ3v) is 3.90. The van der Waals surface area contributed by atoms with Crippen molar-refractivity contribution in [3.8, 4) is 0 Å². The van der Waals surface area contributed by atoms with Crippen LogP contribution in [0.25, 0.3) is 0 Å². The van der Waals surface area contributed by atoms with Crippen LogP contribution in [-0.4, -0.2) is 20.4 Å². The molecule has 3 N–H and O–H groups in total. The monoisotopic (exact) mass is 316 g/mol. The van der Waals surface area contributed by atoms with Crippen molar-refractivity contribution in [3.63, 3.8) is 0 Å². The SMILES string of the molecule is Cc1cc(C(=O)NC(C)CC(C)C)cc(S(N)(=O)=O)c1F. The number of carbonyl (C=O) groups is 1. The zero-order chi connectivity index (χ0) is 16.4. The average Bonchev–Trinajstić information content (AvgIpc) is 2.29. The molecule has 5 nitrogen and oxygen atoms in total. The van der Waals surface area contributed by atoms with Crippen molar-refractivity contribution in [1.82, 2.24) is 5.32 Å². The molecule has 0 saturated heterocycles. The van der Waals surface area contributed by atoms with Crippen LogP contribution in [0.2, 0.25) is 0 Å². The number of halogens is 1. The maximum atomic E-state index is 13.8.